The first-order valence-electron chi connectivity index (χ1n) is 5.95. The standard InChI is InChI=1S/C11H25NO3S/c1-4-5-6-7-12-10-11(2)16(13,14)9-8-15-3/h11-12H,4-10H2,1-3H3. The monoisotopic (exact) mass is 251 g/mol. The van der Waals surface area contributed by atoms with Crippen molar-refractivity contribution >= 4 is 9.84 Å². The third-order valence-corrected chi connectivity index (χ3v) is 4.70. The quantitative estimate of drug-likeness (QED) is 0.593. The molecule has 0 bridgehead atoms. The lowest BCUT2D eigenvalue weighted by Gasteiger charge is -2.13. The maximum atomic E-state index is 11.7. The van der Waals surface area contributed by atoms with Crippen molar-refractivity contribution in [2.75, 3.05) is 32.6 Å². The average Bonchev–Trinajstić information content (AvgIpc) is 2.26. The zero-order valence-corrected chi connectivity index (χ0v) is 11.5. The van der Waals surface area contributed by atoms with E-state index >= 15 is 0 Å². The fraction of sp³-hybridized carbons (Fsp3) is 1.00. The van der Waals surface area contributed by atoms with Crippen molar-refractivity contribution < 1.29 is 13.2 Å². The van der Waals surface area contributed by atoms with Crippen molar-refractivity contribution in [1.29, 1.82) is 0 Å². The van der Waals surface area contributed by atoms with E-state index in [9.17, 15) is 8.42 Å². The molecule has 0 aliphatic heterocycles. The van der Waals surface area contributed by atoms with Crippen LogP contribution >= 0.6 is 0 Å². The molecule has 5 heteroatoms. The third kappa shape index (κ3) is 7.19. The van der Waals surface area contributed by atoms with Crippen LogP contribution in [0.5, 0.6) is 0 Å². The molecule has 0 rings (SSSR count). The summed E-state index contributed by atoms with van der Waals surface area (Å²) in [6, 6.07) is 0. The Bertz CT molecular complexity index is 252. The van der Waals surface area contributed by atoms with Crippen LogP contribution in [0.4, 0.5) is 0 Å². The molecular weight excluding hydrogens is 226 g/mol. The Hall–Kier alpha value is -0.130. The van der Waals surface area contributed by atoms with Gasteiger partial charge in [-0.25, -0.2) is 8.42 Å². The highest BCUT2D eigenvalue weighted by Gasteiger charge is 2.19. The van der Waals surface area contributed by atoms with Gasteiger partial charge in [0.25, 0.3) is 0 Å². The van der Waals surface area contributed by atoms with Gasteiger partial charge in [0, 0.05) is 13.7 Å². The van der Waals surface area contributed by atoms with Crippen LogP contribution in [0.2, 0.25) is 0 Å². The number of hydrogen-bond donors (Lipinski definition) is 1. The molecule has 0 heterocycles. The normalized spacial score (nSPS) is 13.9. The SMILES string of the molecule is CCCCCNCC(C)S(=O)(=O)CCOC. The van der Waals surface area contributed by atoms with Gasteiger partial charge in [-0.3, -0.25) is 0 Å². The molecular formula is C11H25NO3S. The van der Waals surface area contributed by atoms with E-state index in [1.165, 1.54) is 20.0 Å². The Morgan fingerprint density at radius 2 is 2.00 bits per heavy atom. The molecule has 1 unspecified atom stereocenters. The van der Waals surface area contributed by atoms with Gasteiger partial charge in [0.05, 0.1) is 17.6 Å². The summed E-state index contributed by atoms with van der Waals surface area (Å²) >= 11 is 0. The summed E-state index contributed by atoms with van der Waals surface area (Å²) in [6.07, 6.45) is 3.49. The zero-order valence-electron chi connectivity index (χ0n) is 10.7. The second kappa shape index (κ2) is 8.96. The molecule has 0 radical (unpaired) electrons. The molecule has 0 aromatic carbocycles. The molecule has 1 N–H and O–H groups in total. The second-order valence-electron chi connectivity index (χ2n) is 4.08. The third-order valence-electron chi connectivity index (χ3n) is 2.57. The number of methoxy groups -OCH3 is 1. The minimum atomic E-state index is -3.00. The van der Waals surface area contributed by atoms with Gasteiger partial charge in [0.2, 0.25) is 0 Å². The Labute approximate surface area is 99.7 Å². The average molecular weight is 251 g/mol. The van der Waals surface area contributed by atoms with E-state index in [2.05, 4.69) is 12.2 Å². The van der Waals surface area contributed by atoms with Crippen molar-refractivity contribution in [1.82, 2.24) is 5.32 Å². The molecule has 0 aliphatic carbocycles. The molecule has 16 heavy (non-hydrogen) atoms. The highest BCUT2D eigenvalue weighted by molar-refractivity contribution is 7.92. The van der Waals surface area contributed by atoms with Gasteiger partial charge in [0.15, 0.2) is 9.84 Å². The van der Waals surface area contributed by atoms with E-state index in [4.69, 9.17) is 4.74 Å². The summed E-state index contributed by atoms with van der Waals surface area (Å²) in [6.45, 7) is 5.62. The number of rotatable bonds is 10. The fourth-order valence-electron chi connectivity index (χ4n) is 1.33. The predicted molar refractivity (Wildman–Crippen MR) is 67.5 cm³/mol. The minimum Gasteiger partial charge on any atom is -0.384 e. The molecule has 1 atom stereocenters. The Morgan fingerprint density at radius 3 is 2.56 bits per heavy atom. The second-order valence-corrected chi connectivity index (χ2v) is 6.62. The van der Waals surface area contributed by atoms with Gasteiger partial charge >= 0.3 is 0 Å². The number of sulfone groups is 1. The number of unbranched alkanes of at least 4 members (excludes halogenated alkanes) is 2. The van der Waals surface area contributed by atoms with Crippen molar-refractivity contribution in [3.8, 4) is 0 Å². The van der Waals surface area contributed by atoms with Crippen LogP contribution in [0, 0.1) is 0 Å². The van der Waals surface area contributed by atoms with Crippen LogP contribution in [-0.4, -0.2) is 46.2 Å². The molecule has 0 saturated heterocycles. The molecule has 0 fully saturated rings. The summed E-state index contributed by atoms with van der Waals surface area (Å²) in [5, 5.41) is 2.85. The summed E-state index contributed by atoms with van der Waals surface area (Å²) in [4.78, 5) is 0. The van der Waals surface area contributed by atoms with Crippen molar-refractivity contribution in [3.63, 3.8) is 0 Å². The molecule has 4 nitrogen and oxygen atoms in total. The highest BCUT2D eigenvalue weighted by atomic mass is 32.2. The van der Waals surface area contributed by atoms with E-state index in [1.807, 2.05) is 0 Å². The van der Waals surface area contributed by atoms with E-state index in [-0.39, 0.29) is 17.6 Å². The van der Waals surface area contributed by atoms with Gasteiger partial charge < -0.3 is 10.1 Å². The first-order valence-corrected chi connectivity index (χ1v) is 7.67. The van der Waals surface area contributed by atoms with Crippen LogP contribution in [-0.2, 0) is 14.6 Å². The lowest BCUT2D eigenvalue weighted by molar-refractivity contribution is 0.217. The van der Waals surface area contributed by atoms with Gasteiger partial charge in [0.1, 0.15) is 0 Å². The minimum absolute atomic E-state index is 0.112. The summed E-state index contributed by atoms with van der Waals surface area (Å²) < 4.78 is 28.2. The summed E-state index contributed by atoms with van der Waals surface area (Å²) in [5.74, 6) is 0.112. The number of ether oxygens (including phenoxy) is 1. The number of nitrogens with one attached hydrogen (secondary N) is 1. The summed E-state index contributed by atoms with van der Waals surface area (Å²) in [7, 11) is -1.49. The molecule has 0 amide bonds. The largest absolute Gasteiger partial charge is 0.384 e. The van der Waals surface area contributed by atoms with Crippen LogP contribution < -0.4 is 5.32 Å². The highest BCUT2D eigenvalue weighted by Crippen LogP contribution is 2.01. The van der Waals surface area contributed by atoms with Crippen LogP contribution in [0.1, 0.15) is 33.1 Å². The molecule has 0 aliphatic rings. The maximum absolute atomic E-state index is 11.7. The predicted octanol–water partition coefficient (Wildman–Crippen LogP) is 1.22. The topological polar surface area (TPSA) is 55.4 Å². The zero-order chi connectivity index (χ0) is 12.4. The van der Waals surface area contributed by atoms with Crippen LogP contribution in [0.25, 0.3) is 0 Å². The van der Waals surface area contributed by atoms with Gasteiger partial charge in [-0.2, -0.15) is 0 Å². The first-order chi connectivity index (χ1) is 7.54. The summed E-state index contributed by atoms with van der Waals surface area (Å²) in [5.41, 5.74) is 0. The lowest BCUT2D eigenvalue weighted by atomic mass is 10.2. The fourth-order valence-corrected chi connectivity index (χ4v) is 2.51. The number of hydrogen-bond acceptors (Lipinski definition) is 4. The molecule has 0 aromatic rings. The van der Waals surface area contributed by atoms with E-state index in [0.29, 0.717) is 6.54 Å². The van der Waals surface area contributed by atoms with E-state index in [1.54, 1.807) is 6.92 Å². The lowest BCUT2D eigenvalue weighted by Crippen LogP contribution is -2.34. The van der Waals surface area contributed by atoms with E-state index < -0.39 is 9.84 Å². The van der Waals surface area contributed by atoms with Gasteiger partial charge in [-0.15, -0.1) is 0 Å². The smallest absolute Gasteiger partial charge is 0.156 e. The first kappa shape index (κ1) is 15.9. The molecule has 98 valence electrons. The van der Waals surface area contributed by atoms with Crippen molar-refractivity contribution in [3.05, 3.63) is 0 Å². The molecule has 0 aromatic heterocycles. The van der Waals surface area contributed by atoms with Crippen molar-refractivity contribution in [2.45, 2.75) is 38.4 Å². The Balaban J connectivity index is 3.73. The van der Waals surface area contributed by atoms with Crippen molar-refractivity contribution in [2.24, 2.45) is 0 Å². The maximum Gasteiger partial charge on any atom is 0.156 e. The van der Waals surface area contributed by atoms with Gasteiger partial charge in [-0.1, -0.05) is 19.8 Å². The Kier molecular flexibility index (Phi) is 8.89. The van der Waals surface area contributed by atoms with Crippen LogP contribution in [0.3, 0.4) is 0 Å². The molecule has 0 spiro atoms. The van der Waals surface area contributed by atoms with Crippen LogP contribution in [0.15, 0.2) is 0 Å². The molecule has 0 saturated carbocycles. The van der Waals surface area contributed by atoms with E-state index in [0.717, 1.165) is 13.0 Å². The Morgan fingerprint density at radius 1 is 1.31 bits per heavy atom. The van der Waals surface area contributed by atoms with Gasteiger partial charge in [-0.05, 0) is 19.9 Å².